The van der Waals surface area contributed by atoms with E-state index in [2.05, 4.69) is 5.32 Å². The Balaban J connectivity index is 2.56. The Morgan fingerprint density at radius 3 is 2.75 bits per heavy atom. The number of hydrogen-bond donors (Lipinski definition) is 1. The summed E-state index contributed by atoms with van der Waals surface area (Å²) in [5, 5.41) is 3.23. The lowest BCUT2D eigenvalue weighted by atomic mass is 10.0. The normalized spacial score (nSPS) is 14.8. The van der Waals surface area contributed by atoms with Crippen LogP contribution in [-0.4, -0.2) is 26.3 Å². The van der Waals surface area contributed by atoms with Gasteiger partial charge in [0, 0.05) is 13.2 Å². The molecule has 3 heteroatoms. The molecule has 1 aromatic carbocycles. The molecule has 2 unspecified atom stereocenters. The average molecular weight is 225 g/mol. The maximum Gasteiger partial charge on any atom is 0.123 e. The zero-order valence-electron chi connectivity index (χ0n) is 10.2. The summed E-state index contributed by atoms with van der Waals surface area (Å²) in [6.07, 6.45) is 1.96. The molecule has 1 aromatic rings. The summed E-state index contributed by atoms with van der Waals surface area (Å²) in [6, 6.07) is 7.07. The zero-order chi connectivity index (χ0) is 12.0. The molecule has 0 aliphatic rings. The first kappa shape index (κ1) is 13.1. The van der Waals surface area contributed by atoms with E-state index in [0.29, 0.717) is 6.04 Å². The molecule has 0 bridgehead atoms. The Morgan fingerprint density at radius 2 is 2.19 bits per heavy atom. The molecule has 0 spiro atoms. The number of halogens is 1. The van der Waals surface area contributed by atoms with Crippen LogP contribution in [0.4, 0.5) is 4.39 Å². The molecule has 0 heterocycles. The highest BCUT2D eigenvalue weighted by molar-refractivity contribution is 5.17. The van der Waals surface area contributed by atoms with Crippen molar-refractivity contribution in [3.05, 3.63) is 35.6 Å². The second-order valence-corrected chi connectivity index (χ2v) is 4.10. The molecular formula is C13H20FNO. The molecule has 0 aromatic heterocycles. The summed E-state index contributed by atoms with van der Waals surface area (Å²) >= 11 is 0. The van der Waals surface area contributed by atoms with E-state index in [4.69, 9.17) is 4.74 Å². The van der Waals surface area contributed by atoms with E-state index in [1.807, 2.05) is 20.0 Å². The highest BCUT2D eigenvalue weighted by Crippen LogP contribution is 2.10. The predicted octanol–water partition coefficient (Wildman–Crippen LogP) is 2.38. The fraction of sp³-hybridized carbons (Fsp3) is 0.538. The van der Waals surface area contributed by atoms with Crippen LogP contribution in [0.2, 0.25) is 0 Å². The maximum absolute atomic E-state index is 13.0. The molecule has 2 nitrogen and oxygen atoms in total. The molecule has 0 aliphatic heterocycles. The predicted molar refractivity (Wildman–Crippen MR) is 64.0 cm³/mol. The monoisotopic (exact) mass is 225 g/mol. The number of ether oxygens (including phenoxy) is 1. The van der Waals surface area contributed by atoms with Crippen molar-refractivity contribution >= 4 is 0 Å². The van der Waals surface area contributed by atoms with Crippen molar-refractivity contribution in [1.29, 1.82) is 0 Å². The second kappa shape index (κ2) is 6.61. The molecule has 16 heavy (non-hydrogen) atoms. The Kier molecular flexibility index (Phi) is 5.43. The van der Waals surface area contributed by atoms with Gasteiger partial charge in [0.15, 0.2) is 0 Å². The molecule has 0 fully saturated rings. The number of hydrogen-bond acceptors (Lipinski definition) is 2. The third-order valence-corrected chi connectivity index (χ3v) is 2.80. The van der Waals surface area contributed by atoms with Crippen LogP contribution in [0.25, 0.3) is 0 Å². The number of nitrogens with one attached hydrogen (secondary N) is 1. The summed E-state index contributed by atoms with van der Waals surface area (Å²) in [7, 11) is 3.63. The van der Waals surface area contributed by atoms with E-state index in [0.717, 1.165) is 18.4 Å². The topological polar surface area (TPSA) is 21.3 Å². The second-order valence-electron chi connectivity index (χ2n) is 4.10. The van der Waals surface area contributed by atoms with Gasteiger partial charge in [-0.25, -0.2) is 4.39 Å². The van der Waals surface area contributed by atoms with Crippen molar-refractivity contribution in [2.24, 2.45) is 0 Å². The van der Waals surface area contributed by atoms with Crippen molar-refractivity contribution in [2.45, 2.75) is 31.9 Å². The van der Waals surface area contributed by atoms with E-state index in [9.17, 15) is 4.39 Å². The van der Waals surface area contributed by atoms with Crippen LogP contribution in [0.1, 0.15) is 18.9 Å². The van der Waals surface area contributed by atoms with Gasteiger partial charge in [-0.3, -0.25) is 0 Å². The summed E-state index contributed by atoms with van der Waals surface area (Å²) in [5.41, 5.74) is 1.02. The molecule has 1 N–H and O–H groups in total. The summed E-state index contributed by atoms with van der Waals surface area (Å²) in [5.74, 6) is -0.174. The van der Waals surface area contributed by atoms with Crippen molar-refractivity contribution in [1.82, 2.24) is 5.32 Å². The third-order valence-electron chi connectivity index (χ3n) is 2.80. The summed E-state index contributed by atoms with van der Waals surface area (Å²) in [6.45, 7) is 2.04. The zero-order valence-corrected chi connectivity index (χ0v) is 10.2. The third kappa shape index (κ3) is 4.29. The van der Waals surface area contributed by atoms with Crippen LogP contribution in [-0.2, 0) is 11.2 Å². The van der Waals surface area contributed by atoms with Gasteiger partial charge in [-0.15, -0.1) is 0 Å². The molecule has 0 radical (unpaired) electrons. The lowest BCUT2D eigenvalue weighted by Gasteiger charge is -2.19. The molecular weight excluding hydrogens is 205 g/mol. The van der Waals surface area contributed by atoms with E-state index in [1.54, 1.807) is 19.2 Å². The van der Waals surface area contributed by atoms with Gasteiger partial charge in [0.05, 0.1) is 6.10 Å². The number of benzene rings is 1. The van der Waals surface area contributed by atoms with Crippen LogP contribution >= 0.6 is 0 Å². The first-order chi connectivity index (χ1) is 7.65. The molecule has 2 atom stereocenters. The average Bonchev–Trinajstić information content (AvgIpc) is 2.28. The Bertz CT molecular complexity index is 317. The van der Waals surface area contributed by atoms with Crippen molar-refractivity contribution in [3.8, 4) is 0 Å². The summed E-state index contributed by atoms with van der Waals surface area (Å²) < 4.78 is 18.2. The van der Waals surface area contributed by atoms with Crippen LogP contribution < -0.4 is 5.32 Å². The number of methoxy groups -OCH3 is 1. The quantitative estimate of drug-likeness (QED) is 0.802. The van der Waals surface area contributed by atoms with Gasteiger partial charge in [-0.2, -0.15) is 0 Å². The fourth-order valence-electron chi connectivity index (χ4n) is 1.75. The van der Waals surface area contributed by atoms with E-state index >= 15 is 0 Å². The molecule has 0 saturated carbocycles. The van der Waals surface area contributed by atoms with Gasteiger partial charge in [-0.05, 0) is 44.5 Å². The van der Waals surface area contributed by atoms with Crippen molar-refractivity contribution in [3.63, 3.8) is 0 Å². The fourth-order valence-corrected chi connectivity index (χ4v) is 1.75. The van der Waals surface area contributed by atoms with Crippen LogP contribution in [0.5, 0.6) is 0 Å². The highest BCUT2D eigenvalue weighted by atomic mass is 19.1. The molecule has 0 amide bonds. The number of rotatable bonds is 6. The van der Waals surface area contributed by atoms with Crippen LogP contribution in [0.3, 0.4) is 0 Å². The van der Waals surface area contributed by atoms with Gasteiger partial charge in [0.1, 0.15) is 5.82 Å². The Morgan fingerprint density at radius 1 is 1.44 bits per heavy atom. The minimum absolute atomic E-state index is 0.174. The van der Waals surface area contributed by atoms with Gasteiger partial charge in [0.25, 0.3) is 0 Å². The van der Waals surface area contributed by atoms with Gasteiger partial charge in [-0.1, -0.05) is 12.1 Å². The van der Waals surface area contributed by atoms with Crippen molar-refractivity contribution in [2.75, 3.05) is 14.2 Å². The number of likely N-dealkylation sites (N-methyl/N-ethyl adjacent to an activating group) is 1. The first-order valence-corrected chi connectivity index (χ1v) is 5.60. The Hall–Kier alpha value is -0.930. The van der Waals surface area contributed by atoms with Crippen LogP contribution in [0, 0.1) is 5.82 Å². The van der Waals surface area contributed by atoms with E-state index in [-0.39, 0.29) is 11.9 Å². The minimum atomic E-state index is -0.174. The lowest BCUT2D eigenvalue weighted by molar-refractivity contribution is 0.101. The lowest BCUT2D eigenvalue weighted by Crippen LogP contribution is -2.31. The molecule has 90 valence electrons. The summed E-state index contributed by atoms with van der Waals surface area (Å²) in [4.78, 5) is 0. The van der Waals surface area contributed by atoms with Crippen LogP contribution in [0.15, 0.2) is 24.3 Å². The minimum Gasteiger partial charge on any atom is -0.382 e. The maximum atomic E-state index is 13.0. The standard InChI is InChI=1S/C13H20FNO/c1-10(16-3)7-13(15-2)9-11-5-4-6-12(14)8-11/h4-6,8,10,13,15H,7,9H2,1-3H3. The highest BCUT2D eigenvalue weighted by Gasteiger charge is 2.11. The van der Waals surface area contributed by atoms with Crippen molar-refractivity contribution < 1.29 is 9.13 Å². The van der Waals surface area contributed by atoms with Gasteiger partial charge < -0.3 is 10.1 Å². The largest absolute Gasteiger partial charge is 0.382 e. The smallest absolute Gasteiger partial charge is 0.123 e. The Labute approximate surface area is 96.8 Å². The van der Waals surface area contributed by atoms with E-state index < -0.39 is 0 Å². The molecule has 0 aliphatic carbocycles. The SMILES string of the molecule is CNC(Cc1cccc(F)c1)CC(C)OC. The van der Waals surface area contributed by atoms with Gasteiger partial charge in [0.2, 0.25) is 0 Å². The molecule has 0 saturated heterocycles. The van der Waals surface area contributed by atoms with E-state index in [1.165, 1.54) is 6.07 Å². The molecule has 1 rings (SSSR count). The van der Waals surface area contributed by atoms with Gasteiger partial charge >= 0.3 is 0 Å². The first-order valence-electron chi connectivity index (χ1n) is 5.60.